The van der Waals surface area contributed by atoms with Gasteiger partial charge in [-0.3, -0.25) is 0 Å². The average molecular weight is 258 g/mol. The Morgan fingerprint density at radius 3 is 3.06 bits per heavy atom. The maximum absolute atomic E-state index is 4.82. The van der Waals surface area contributed by atoms with Crippen LogP contribution in [0.1, 0.15) is 22.6 Å². The van der Waals surface area contributed by atoms with E-state index in [-0.39, 0.29) is 0 Å². The molecule has 3 heteroatoms. The highest BCUT2D eigenvalue weighted by atomic mass is 32.1. The molecule has 1 aromatic heterocycles. The lowest BCUT2D eigenvalue weighted by atomic mass is 9.98. The molecule has 0 amide bonds. The number of thiazole rings is 1. The number of benzene rings is 1. The summed E-state index contributed by atoms with van der Waals surface area (Å²) in [6, 6.07) is 9.26. The van der Waals surface area contributed by atoms with Crippen LogP contribution in [0.2, 0.25) is 0 Å². The Balaban J connectivity index is 1.94. The molecule has 1 heterocycles. The van der Waals surface area contributed by atoms with E-state index < -0.39 is 0 Å². The second-order valence-electron chi connectivity index (χ2n) is 4.99. The molecule has 1 atom stereocenters. The van der Waals surface area contributed by atoms with E-state index in [0.717, 1.165) is 12.8 Å². The summed E-state index contributed by atoms with van der Waals surface area (Å²) in [5, 5.41) is 4.56. The molecule has 2 aromatic rings. The first-order valence-electron chi connectivity index (χ1n) is 6.49. The van der Waals surface area contributed by atoms with Crippen LogP contribution in [0.3, 0.4) is 0 Å². The summed E-state index contributed by atoms with van der Waals surface area (Å²) in [6.45, 7) is 2.13. The zero-order valence-electron chi connectivity index (χ0n) is 10.9. The Kier molecular flexibility index (Phi) is 3.18. The minimum atomic E-state index is 0.628. The molecule has 0 bridgehead atoms. The highest BCUT2D eigenvalue weighted by Gasteiger charge is 2.21. The number of likely N-dealkylation sites (N-methyl/N-ethyl adjacent to an activating group) is 1. The number of hydrogen-bond acceptors (Lipinski definition) is 3. The summed E-state index contributed by atoms with van der Waals surface area (Å²) >= 11 is 1.87. The van der Waals surface area contributed by atoms with Gasteiger partial charge >= 0.3 is 0 Å². The molecule has 0 saturated heterocycles. The lowest BCUT2D eigenvalue weighted by Crippen LogP contribution is -2.30. The summed E-state index contributed by atoms with van der Waals surface area (Å²) in [4.78, 5) is 6.29. The van der Waals surface area contributed by atoms with Crippen molar-refractivity contribution in [1.82, 2.24) is 10.3 Å². The van der Waals surface area contributed by atoms with Crippen molar-refractivity contribution in [3.63, 3.8) is 0 Å². The van der Waals surface area contributed by atoms with E-state index in [4.69, 9.17) is 4.98 Å². The molecule has 1 aromatic carbocycles. The third kappa shape index (κ3) is 2.20. The number of aromatic nitrogens is 1. The SMILES string of the molecule is CNC1CCc2nc(-c3cccc(C)c3)sc2C1. The second-order valence-corrected chi connectivity index (χ2v) is 6.07. The Labute approximate surface area is 112 Å². The summed E-state index contributed by atoms with van der Waals surface area (Å²) in [5.41, 5.74) is 3.88. The average Bonchev–Trinajstić information content (AvgIpc) is 2.81. The van der Waals surface area contributed by atoms with Crippen molar-refractivity contribution in [3.8, 4) is 10.6 Å². The van der Waals surface area contributed by atoms with Crippen molar-refractivity contribution in [2.75, 3.05) is 7.05 Å². The fourth-order valence-corrected chi connectivity index (χ4v) is 3.71. The molecule has 18 heavy (non-hydrogen) atoms. The van der Waals surface area contributed by atoms with Gasteiger partial charge in [0.05, 0.1) is 5.69 Å². The fraction of sp³-hybridized carbons (Fsp3) is 0.400. The first kappa shape index (κ1) is 11.9. The van der Waals surface area contributed by atoms with Gasteiger partial charge in [-0.25, -0.2) is 4.98 Å². The lowest BCUT2D eigenvalue weighted by Gasteiger charge is -2.19. The van der Waals surface area contributed by atoms with Crippen LogP contribution in [0.5, 0.6) is 0 Å². The number of nitrogens with zero attached hydrogens (tertiary/aromatic N) is 1. The van der Waals surface area contributed by atoms with Gasteiger partial charge in [-0.05, 0) is 39.3 Å². The van der Waals surface area contributed by atoms with E-state index in [0.29, 0.717) is 6.04 Å². The Hall–Kier alpha value is -1.19. The Morgan fingerprint density at radius 1 is 1.39 bits per heavy atom. The van der Waals surface area contributed by atoms with Gasteiger partial charge in [0, 0.05) is 16.5 Å². The van der Waals surface area contributed by atoms with Crippen molar-refractivity contribution >= 4 is 11.3 Å². The molecule has 0 radical (unpaired) electrons. The van der Waals surface area contributed by atoms with Crippen LogP contribution >= 0.6 is 11.3 Å². The molecule has 1 aliphatic rings. The number of fused-ring (bicyclic) bond motifs is 1. The van der Waals surface area contributed by atoms with E-state index in [1.165, 1.54) is 33.1 Å². The quantitative estimate of drug-likeness (QED) is 0.895. The van der Waals surface area contributed by atoms with Crippen molar-refractivity contribution < 1.29 is 0 Å². The monoisotopic (exact) mass is 258 g/mol. The molecule has 1 unspecified atom stereocenters. The van der Waals surface area contributed by atoms with Gasteiger partial charge < -0.3 is 5.32 Å². The fourth-order valence-electron chi connectivity index (χ4n) is 2.52. The molecule has 1 N–H and O–H groups in total. The lowest BCUT2D eigenvalue weighted by molar-refractivity contribution is 0.497. The highest BCUT2D eigenvalue weighted by molar-refractivity contribution is 7.15. The van der Waals surface area contributed by atoms with Crippen LogP contribution < -0.4 is 5.32 Å². The van der Waals surface area contributed by atoms with E-state index in [1.807, 2.05) is 11.3 Å². The maximum atomic E-state index is 4.82. The molecule has 3 rings (SSSR count). The van der Waals surface area contributed by atoms with Gasteiger partial charge in [0.15, 0.2) is 0 Å². The smallest absolute Gasteiger partial charge is 0.123 e. The minimum Gasteiger partial charge on any atom is -0.317 e. The first-order chi connectivity index (χ1) is 8.76. The molecule has 1 aliphatic carbocycles. The minimum absolute atomic E-state index is 0.628. The number of aryl methyl sites for hydroxylation is 2. The molecular formula is C15H18N2S. The van der Waals surface area contributed by atoms with Gasteiger partial charge in [-0.15, -0.1) is 11.3 Å². The van der Waals surface area contributed by atoms with Crippen LogP contribution in [-0.4, -0.2) is 18.1 Å². The summed E-state index contributed by atoms with van der Waals surface area (Å²) in [5.74, 6) is 0. The number of rotatable bonds is 2. The third-order valence-electron chi connectivity index (χ3n) is 3.61. The topological polar surface area (TPSA) is 24.9 Å². The van der Waals surface area contributed by atoms with Gasteiger partial charge in [0.25, 0.3) is 0 Å². The van der Waals surface area contributed by atoms with Gasteiger partial charge in [0.1, 0.15) is 5.01 Å². The molecule has 0 saturated carbocycles. The number of hydrogen-bond donors (Lipinski definition) is 1. The predicted octanol–water partition coefficient (Wildman–Crippen LogP) is 3.20. The summed E-state index contributed by atoms with van der Waals surface area (Å²) < 4.78 is 0. The van der Waals surface area contributed by atoms with Crippen LogP contribution in [0, 0.1) is 6.92 Å². The van der Waals surface area contributed by atoms with Crippen LogP contribution in [0.4, 0.5) is 0 Å². The zero-order chi connectivity index (χ0) is 12.5. The standard InChI is InChI=1S/C15H18N2S/c1-10-4-3-5-11(8-10)15-17-13-7-6-12(16-2)9-14(13)18-15/h3-5,8,12,16H,6-7,9H2,1-2H3. The van der Waals surface area contributed by atoms with Crippen molar-refractivity contribution in [3.05, 3.63) is 40.4 Å². The van der Waals surface area contributed by atoms with Crippen molar-refractivity contribution in [2.45, 2.75) is 32.2 Å². The third-order valence-corrected chi connectivity index (χ3v) is 4.78. The maximum Gasteiger partial charge on any atom is 0.123 e. The first-order valence-corrected chi connectivity index (χ1v) is 7.31. The van der Waals surface area contributed by atoms with Crippen molar-refractivity contribution in [1.29, 1.82) is 0 Å². The van der Waals surface area contributed by atoms with E-state index >= 15 is 0 Å². The van der Waals surface area contributed by atoms with Gasteiger partial charge in [0.2, 0.25) is 0 Å². The largest absolute Gasteiger partial charge is 0.317 e. The van der Waals surface area contributed by atoms with Crippen LogP contribution in [0.15, 0.2) is 24.3 Å². The second kappa shape index (κ2) is 4.82. The highest BCUT2D eigenvalue weighted by Crippen LogP contribution is 2.32. The van der Waals surface area contributed by atoms with E-state index in [9.17, 15) is 0 Å². The van der Waals surface area contributed by atoms with Gasteiger partial charge in [-0.2, -0.15) is 0 Å². The van der Waals surface area contributed by atoms with Crippen LogP contribution in [0.25, 0.3) is 10.6 Å². The van der Waals surface area contributed by atoms with Crippen molar-refractivity contribution in [2.24, 2.45) is 0 Å². The van der Waals surface area contributed by atoms with E-state index in [1.54, 1.807) is 0 Å². The molecule has 0 fully saturated rings. The normalized spacial score (nSPS) is 18.7. The number of nitrogens with one attached hydrogen (secondary N) is 1. The molecule has 0 spiro atoms. The summed E-state index contributed by atoms with van der Waals surface area (Å²) in [7, 11) is 2.05. The Morgan fingerprint density at radius 2 is 2.28 bits per heavy atom. The molecule has 94 valence electrons. The zero-order valence-corrected chi connectivity index (χ0v) is 11.7. The Bertz CT molecular complexity index is 559. The molecular weight excluding hydrogens is 240 g/mol. The predicted molar refractivity (Wildman–Crippen MR) is 77.2 cm³/mol. The van der Waals surface area contributed by atoms with E-state index in [2.05, 4.69) is 43.6 Å². The van der Waals surface area contributed by atoms with Crippen LogP contribution in [-0.2, 0) is 12.8 Å². The molecule has 0 aliphatic heterocycles. The summed E-state index contributed by atoms with van der Waals surface area (Å²) in [6.07, 6.45) is 3.46. The van der Waals surface area contributed by atoms with Gasteiger partial charge in [-0.1, -0.05) is 23.8 Å². The molecule has 2 nitrogen and oxygen atoms in total.